The molecule has 11 rings (SSSR count). The molecular formula is C57H38N4. The van der Waals surface area contributed by atoms with Crippen LogP contribution in [0.25, 0.3) is 106 Å². The third kappa shape index (κ3) is 6.86. The SMILES string of the molecule is c1ccc(-c2cc(-c3ccccc3)nc(-c3cccc(-c4ccc(-c5ccc6cc(-c7ccccc7)n7nc(-c8ccccc8)c(-c8ccccc8)c7c6c5)cc4)c3)n2)cc1. The first kappa shape index (κ1) is 35.9. The summed E-state index contributed by atoms with van der Waals surface area (Å²) in [6.07, 6.45) is 0. The summed E-state index contributed by atoms with van der Waals surface area (Å²) in [6.45, 7) is 0. The Morgan fingerprint density at radius 3 is 1.34 bits per heavy atom. The standard InChI is InChI=1S/C57H38N4/c1-6-17-41(18-7-1)51-38-52(42-19-8-2-9-20-42)59-57(58-51)49-28-16-27-46(35-49)39-29-31-40(32-30-39)47-33-34-48-37-53(43-21-10-3-11-22-43)61-56(50(48)36-47)54(44-23-12-4-13-24-44)55(60-61)45-25-14-5-15-26-45/h1-38H. The van der Waals surface area contributed by atoms with Crippen LogP contribution in [-0.2, 0) is 0 Å². The van der Waals surface area contributed by atoms with E-state index in [0.717, 1.165) is 100 Å². The van der Waals surface area contributed by atoms with E-state index < -0.39 is 0 Å². The molecule has 0 amide bonds. The van der Waals surface area contributed by atoms with Gasteiger partial charge in [0.1, 0.15) is 5.69 Å². The maximum Gasteiger partial charge on any atom is 0.160 e. The van der Waals surface area contributed by atoms with Gasteiger partial charge in [-0.2, -0.15) is 5.10 Å². The Morgan fingerprint density at radius 1 is 0.311 bits per heavy atom. The van der Waals surface area contributed by atoms with Gasteiger partial charge in [0.15, 0.2) is 5.82 Å². The smallest absolute Gasteiger partial charge is 0.160 e. The minimum absolute atomic E-state index is 0.696. The zero-order chi connectivity index (χ0) is 40.5. The first-order valence-electron chi connectivity index (χ1n) is 20.6. The van der Waals surface area contributed by atoms with Crippen LogP contribution in [0.2, 0.25) is 0 Å². The summed E-state index contributed by atoms with van der Waals surface area (Å²) in [5.41, 5.74) is 16.9. The highest BCUT2D eigenvalue weighted by molar-refractivity contribution is 6.09. The van der Waals surface area contributed by atoms with Crippen molar-refractivity contribution in [1.82, 2.24) is 19.6 Å². The number of rotatable bonds is 8. The van der Waals surface area contributed by atoms with Crippen LogP contribution in [-0.4, -0.2) is 19.6 Å². The Bertz CT molecular complexity index is 3250. The molecule has 0 radical (unpaired) electrons. The quantitative estimate of drug-likeness (QED) is 0.154. The van der Waals surface area contributed by atoms with Crippen molar-refractivity contribution in [2.75, 3.05) is 0 Å². The largest absolute Gasteiger partial charge is 0.231 e. The Labute approximate surface area is 354 Å². The van der Waals surface area contributed by atoms with Crippen LogP contribution in [0, 0.1) is 0 Å². The van der Waals surface area contributed by atoms with E-state index >= 15 is 0 Å². The molecule has 61 heavy (non-hydrogen) atoms. The number of pyridine rings is 1. The summed E-state index contributed by atoms with van der Waals surface area (Å²) >= 11 is 0. The lowest BCUT2D eigenvalue weighted by atomic mass is 9.94. The Morgan fingerprint density at radius 2 is 0.770 bits per heavy atom. The predicted octanol–water partition coefficient (Wildman–Crippen LogP) is 14.6. The van der Waals surface area contributed by atoms with Gasteiger partial charge in [-0.15, -0.1) is 0 Å². The summed E-state index contributed by atoms with van der Waals surface area (Å²) in [6, 6.07) is 81.0. The molecule has 4 heteroatoms. The Kier molecular flexibility index (Phi) is 9.14. The fourth-order valence-electron chi connectivity index (χ4n) is 8.39. The monoisotopic (exact) mass is 778 g/mol. The summed E-state index contributed by atoms with van der Waals surface area (Å²) in [5.74, 6) is 0.696. The molecule has 4 nitrogen and oxygen atoms in total. The molecule has 0 aliphatic carbocycles. The number of hydrogen-bond donors (Lipinski definition) is 0. The van der Waals surface area contributed by atoms with Gasteiger partial charge in [0.25, 0.3) is 0 Å². The van der Waals surface area contributed by atoms with Gasteiger partial charge in [-0.25, -0.2) is 14.5 Å². The van der Waals surface area contributed by atoms with Crippen molar-refractivity contribution in [3.05, 3.63) is 231 Å². The minimum atomic E-state index is 0.696. The van der Waals surface area contributed by atoms with Gasteiger partial charge in [-0.3, -0.25) is 0 Å². The van der Waals surface area contributed by atoms with E-state index in [1.807, 2.05) is 36.4 Å². The van der Waals surface area contributed by atoms with Crippen molar-refractivity contribution >= 4 is 16.3 Å². The van der Waals surface area contributed by atoms with Gasteiger partial charge in [-0.05, 0) is 57.5 Å². The molecule has 11 aromatic rings. The van der Waals surface area contributed by atoms with Crippen LogP contribution in [0.4, 0.5) is 0 Å². The van der Waals surface area contributed by atoms with Crippen molar-refractivity contribution in [1.29, 1.82) is 0 Å². The first-order valence-corrected chi connectivity index (χ1v) is 20.6. The number of aromatic nitrogens is 4. The van der Waals surface area contributed by atoms with E-state index in [2.05, 4.69) is 199 Å². The van der Waals surface area contributed by atoms with Crippen molar-refractivity contribution in [2.45, 2.75) is 0 Å². The van der Waals surface area contributed by atoms with Gasteiger partial charge in [0.05, 0.1) is 22.6 Å². The van der Waals surface area contributed by atoms with E-state index in [9.17, 15) is 0 Å². The fourth-order valence-corrected chi connectivity index (χ4v) is 8.39. The highest BCUT2D eigenvalue weighted by Gasteiger charge is 2.22. The van der Waals surface area contributed by atoms with Crippen LogP contribution in [0.1, 0.15) is 0 Å². The van der Waals surface area contributed by atoms with Crippen LogP contribution in [0.15, 0.2) is 231 Å². The fraction of sp³-hybridized carbons (Fsp3) is 0. The molecule has 8 aromatic carbocycles. The van der Waals surface area contributed by atoms with Crippen LogP contribution in [0.5, 0.6) is 0 Å². The van der Waals surface area contributed by atoms with E-state index in [4.69, 9.17) is 15.1 Å². The van der Waals surface area contributed by atoms with Crippen LogP contribution < -0.4 is 0 Å². The molecular weight excluding hydrogens is 741 g/mol. The zero-order valence-corrected chi connectivity index (χ0v) is 33.2. The van der Waals surface area contributed by atoms with Gasteiger partial charge < -0.3 is 0 Å². The number of hydrogen-bond acceptors (Lipinski definition) is 3. The molecule has 3 heterocycles. The number of nitrogens with zero attached hydrogens (tertiary/aromatic N) is 4. The van der Waals surface area contributed by atoms with Crippen molar-refractivity contribution in [3.63, 3.8) is 0 Å². The van der Waals surface area contributed by atoms with Gasteiger partial charge in [0, 0.05) is 38.8 Å². The molecule has 0 saturated heterocycles. The molecule has 0 aliphatic rings. The van der Waals surface area contributed by atoms with Crippen molar-refractivity contribution in [3.8, 4) is 89.8 Å². The Balaban J connectivity index is 1.01. The molecule has 0 N–H and O–H groups in total. The normalized spacial score (nSPS) is 11.3. The lowest BCUT2D eigenvalue weighted by Crippen LogP contribution is -1.96. The third-order valence-corrected chi connectivity index (χ3v) is 11.4. The molecule has 0 aliphatic heterocycles. The first-order chi connectivity index (χ1) is 30.2. The second kappa shape index (κ2) is 15.5. The summed E-state index contributed by atoms with van der Waals surface area (Å²) in [7, 11) is 0. The van der Waals surface area contributed by atoms with E-state index in [0.29, 0.717) is 5.82 Å². The molecule has 0 bridgehead atoms. The second-order valence-corrected chi connectivity index (χ2v) is 15.3. The summed E-state index contributed by atoms with van der Waals surface area (Å²) in [4.78, 5) is 10.2. The predicted molar refractivity (Wildman–Crippen MR) is 252 cm³/mol. The molecule has 0 saturated carbocycles. The van der Waals surface area contributed by atoms with E-state index in [1.54, 1.807) is 0 Å². The molecule has 286 valence electrons. The molecule has 0 fully saturated rings. The highest BCUT2D eigenvalue weighted by Crippen LogP contribution is 2.42. The third-order valence-electron chi connectivity index (χ3n) is 11.4. The number of fused-ring (bicyclic) bond motifs is 3. The molecule has 3 aromatic heterocycles. The molecule has 0 spiro atoms. The van der Waals surface area contributed by atoms with Crippen molar-refractivity contribution in [2.24, 2.45) is 0 Å². The maximum absolute atomic E-state index is 5.41. The lowest BCUT2D eigenvalue weighted by molar-refractivity contribution is 0.979. The van der Waals surface area contributed by atoms with Gasteiger partial charge in [-0.1, -0.05) is 206 Å². The second-order valence-electron chi connectivity index (χ2n) is 15.3. The van der Waals surface area contributed by atoms with E-state index in [-0.39, 0.29) is 0 Å². The zero-order valence-electron chi connectivity index (χ0n) is 33.2. The van der Waals surface area contributed by atoms with Crippen molar-refractivity contribution < 1.29 is 0 Å². The average molecular weight is 779 g/mol. The molecule has 0 atom stereocenters. The minimum Gasteiger partial charge on any atom is -0.231 e. The van der Waals surface area contributed by atoms with Gasteiger partial charge >= 0.3 is 0 Å². The van der Waals surface area contributed by atoms with Crippen LogP contribution >= 0.6 is 0 Å². The van der Waals surface area contributed by atoms with Gasteiger partial charge in [0.2, 0.25) is 0 Å². The topological polar surface area (TPSA) is 43.1 Å². The molecule has 0 unspecified atom stereocenters. The average Bonchev–Trinajstić information content (AvgIpc) is 3.76. The summed E-state index contributed by atoms with van der Waals surface area (Å²) in [5, 5.41) is 7.72. The highest BCUT2D eigenvalue weighted by atomic mass is 15.2. The Hall–Kier alpha value is -8.21. The lowest BCUT2D eigenvalue weighted by Gasteiger charge is -2.13. The van der Waals surface area contributed by atoms with Crippen LogP contribution in [0.3, 0.4) is 0 Å². The number of benzene rings is 8. The van der Waals surface area contributed by atoms with E-state index in [1.165, 1.54) is 0 Å². The maximum atomic E-state index is 5.41. The summed E-state index contributed by atoms with van der Waals surface area (Å²) < 4.78 is 2.16.